The first-order valence-electron chi connectivity index (χ1n) is 4.91. The zero-order valence-corrected chi connectivity index (χ0v) is 9.92. The molecular formula is C11H15BrN2. The van der Waals surface area contributed by atoms with Crippen molar-refractivity contribution < 1.29 is 0 Å². The number of benzene rings is 1. The molecule has 14 heavy (non-hydrogen) atoms. The predicted molar refractivity (Wildman–Crippen MR) is 62.3 cm³/mol. The van der Waals surface area contributed by atoms with Crippen molar-refractivity contribution in [1.82, 2.24) is 4.90 Å². The lowest BCUT2D eigenvalue weighted by Gasteiger charge is -2.34. The van der Waals surface area contributed by atoms with Gasteiger partial charge in [-0.15, -0.1) is 0 Å². The molecule has 76 valence electrons. The van der Waals surface area contributed by atoms with Gasteiger partial charge in [-0.2, -0.15) is 0 Å². The molecule has 1 unspecified atom stereocenters. The summed E-state index contributed by atoms with van der Waals surface area (Å²) in [5.74, 6) is 0. The van der Waals surface area contributed by atoms with E-state index in [1.54, 1.807) is 0 Å². The Morgan fingerprint density at radius 1 is 1.57 bits per heavy atom. The van der Waals surface area contributed by atoms with Crippen LogP contribution in [-0.2, 0) is 6.42 Å². The molecule has 0 amide bonds. The first kappa shape index (κ1) is 10.1. The Balaban J connectivity index is 2.46. The average molecular weight is 255 g/mol. The van der Waals surface area contributed by atoms with Crippen LogP contribution in [0.25, 0.3) is 0 Å². The Morgan fingerprint density at radius 2 is 2.36 bits per heavy atom. The Bertz CT molecular complexity index is 338. The summed E-state index contributed by atoms with van der Waals surface area (Å²) in [5, 5.41) is 0. The fourth-order valence-electron chi connectivity index (χ4n) is 2.14. The van der Waals surface area contributed by atoms with Crippen LogP contribution in [0.15, 0.2) is 22.7 Å². The SMILES string of the molecule is CN1CCc2c(Br)cccc2C1CN. The van der Waals surface area contributed by atoms with E-state index < -0.39 is 0 Å². The lowest BCUT2D eigenvalue weighted by Crippen LogP contribution is -2.36. The van der Waals surface area contributed by atoms with Gasteiger partial charge in [0.1, 0.15) is 0 Å². The van der Waals surface area contributed by atoms with Crippen LogP contribution in [0, 0.1) is 0 Å². The predicted octanol–water partition coefficient (Wildman–Crippen LogP) is 1.94. The summed E-state index contributed by atoms with van der Waals surface area (Å²) in [6.45, 7) is 1.79. The molecular weight excluding hydrogens is 240 g/mol. The van der Waals surface area contributed by atoms with Crippen molar-refractivity contribution in [2.75, 3.05) is 20.1 Å². The summed E-state index contributed by atoms with van der Waals surface area (Å²) in [6.07, 6.45) is 1.11. The maximum Gasteiger partial charge on any atom is 0.0470 e. The molecule has 2 nitrogen and oxygen atoms in total. The number of hydrogen-bond acceptors (Lipinski definition) is 2. The molecule has 0 radical (unpaired) electrons. The normalized spacial score (nSPS) is 22.1. The van der Waals surface area contributed by atoms with Crippen molar-refractivity contribution >= 4 is 15.9 Å². The van der Waals surface area contributed by atoms with Crippen molar-refractivity contribution in [3.63, 3.8) is 0 Å². The number of fused-ring (bicyclic) bond motifs is 1. The Morgan fingerprint density at radius 3 is 3.07 bits per heavy atom. The van der Waals surface area contributed by atoms with Crippen molar-refractivity contribution in [3.05, 3.63) is 33.8 Å². The second-order valence-electron chi connectivity index (χ2n) is 3.79. The lowest BCUT2D eigenvalue weighted by molar-refractivity contribution is 0.236. The van der Waals surface area contributed by atoms with Gasteiger partial charge in [-0.05, 0) is 30.7 Å². The second kappa shape index (κ2) is 4.01. The maximum absolute atomic E-state index is 5.80. The standard InChI is InChI=1S/C11H15BrN2/c1-14-6-5-8-9(11(14)7-13)3-2-4-10(8)12/h2-4,11H,5-7,13H2,1H3. The number of likely N-dealkylation sites (N-methyl/N-ethyl adjacent to an activating group) is 1. The van der Waals surface area contributed by atoms with Crippen molar-refractivity contribution in [2.45, 2.75) is 12.5 Å². The van der Waals surface area contributed by atoms with Gasteiger partial charge in [0.2, 0.25) is 0 Å². The molecule has 0 fully saturated rings. The van der Waals surface area contributed by atoms with Gasteiger partial charge in [0, 0.05) is 23.6 Å². The molecule has 0 spiro atoms. The van der Waals surface area contributed by atoms with Crippen molar-refractivity contribution in [2.24, 2.45) is 5.73 Å². The summed E-state index contributed by atoms with van der Waals surface area (Å²) in [5.41, 5.74) is 8.62. The summed E-state index contributed by atoms with van der Waals surface area (Å²) in [6, 6.07) is 6.77. The van der Waals surface area contributed by atoms with Gasteiger partial charge in [-0.25, -0.2) is 0 Å². The zero-order valence-electron chi connectivity index (χ0n) is 8.33. The lowest BCUT2D eigenvalue weighted by atomic mass is 9.93. The third-order valence-corrected chi connectivity index (χ3v) is 3.73. The van der Waals surface area contributed by atoms with E-state index in [1.165, 1.54) is 15.6 Å². The minimum absolute atomic E-state index is 0.385. The number of nitrogens with zero attached hydrogens (tertiary/aromatic N) is 1. The molecule has 0 bridgehead atoms. The van der Waals surface area contributed by atoms with Crippen molar-refractivity contribution in [1.29, 1.82) is 0 Å². The van der Waals surface area contributed by atoms with E-state index in [2.05, 4.69) is 46.1 Å². The zero-order chi connectivity index (χ0) is 10.1. The van der Waals surface area contributed by atoms with E-state index >= 15 is 0 Å². The van der Waals surface area contributed by atoms with Gasteiger partial charge < -0.3 is 5.73 Å². The minimum Gasteiger partial charge on any atom is -0.329 e. The molecule has 1 aromatic rings. The molecule has 3 heteroatoms. The van der Waals surface area contributed by atoms with Gasteiger partial charge in [0.05, 0.1) is 0 Å². The van der Waals surface area contributed by atoms with Gasteiger partial charge in [0.15, 0.2) is 0 Å². The maximum atomic E-state index is 5.80. The first-order valence-corrected chi connectivity index (χ1v) is 5.71. The molecule has 1 aliphatic heterocycles. The molecule has 0 saturated heterocycles. The fourth-order valence-corrected chi connectivity index (χ4v) is 2.72. The number of hydrogen-bond donors (Lipinski definition) is 1. The van der Waals surface area contributed by atoms with Crippen LogP contribution < -0.4 is 5.73 Å². The third-order valence-electron chi connectivity index (χ3n) is 2.98. The molecule has 0 aromatic heterocycles. The fraction of sp³-hybridized carbons (Fsp3) is 0.455. The van der Waals surface area contributed by atoms with Crippen molar-refractivity contribution in [3.8, 4) is 0 Å². The average Bonchev–Trinajstić information content (AvgIpc) is 2.18. The molecule has 0 aliphatic carbocycles. The minimum atomic E-state index is 0.385. The van der Waals surface area contributed by atoms with Gasteiger partial charge >= 0.3 is 0 Å². The highest BCUT2D eigenvalue weighted by Gasteiger charge is 2.24. The Labute approximate surface area is 93.2 Å². The third kappa shape index (κ3) is 1.60. The van der Waals surface area contributed by atoms with E-state index in [0.717, 1.165) is 13.0 Å². The van der Waals surface area contributed by atoms with E-state index in [1.807, 2.05) is 0 Å². The van der Waals surface area contributed by atoms with Crippen LogP contribution in [0.5, 0.6) is 0 Å². The quantitative estimate of drug-likeness (QED) is 0.830. The summed E-state index contributed by atoms with van der Waals surface area (Å²) in [7, 11) is 2.14. The van der Waals surface area contributed by atoms with Crippen LogP contribution in [0.1, 0.15) is 17.2 Å². The highest BCUT2D eigenvalue weighted by atomic mass is 79.9. The molecule has 2 N–H and O–H groups in total. The Kier molecular flexibility index (Phi) is 2.91. The number of halogens is 1. The van der Waals surface area contributed by atoms with E-state index in [9.17, 15) is 0 Å². The van der Waals surface area contributed by atoms with Gasteiger partial charge in [-0.1, -0.05) is 28.1 Å². The number of nitrogens with two attached hydrogens (primary N) is 1. The van der Waals surface area contributed by atoms with Crippen LogP contribution in [-0.4, -0.2) is 25.0 Å². The van der Waals surface area contributed by atoms with Crippen LogP contribution in [0.4, 0.5) is 0 Å². The summed E-state index contributed by atoms with van der Waals surface area (Å²) in [4.78, 5) is 2.33. The molecule has 0 saturated carbocycles. The van der Waals surface area contributed by atoms with E-state index in [-0.39, 0.29) is 0 Å². The van der Waals surface area contributed by atoms with Gasteiger partial charge in [0.25, 0.3) is 0 Å². The summed E-state index contributed by atoms with van der Waals surface area (Å²) >= 11 is 3.60. The highest BCUT2D eigenvalue weighted by Crippen LogP contribution is 2.32. The largest absolute Gasteiger partial charge is 0.329 e. The first-order chi connectivity index (χ1) is 6.74. The molecule has 1 atom stereocenters. The van der Waals surface area contributed by atoms with E-state index in [4.69, 9.17) is 5.73 Å². The second-order valence-corrected chi connectivity index (χ2v) is 4.64. The highest BCUT2D eigenvalue weighted by molar-refractivity contribution is 9.10. The van der Waals surface area contributed by atoms with E-state index in [0.29, 0.717) is 12.6 Å². The summed E-state index contributed by atoms with van der Waals surface area (Å²) < 4.78 is 1.22. The Hall–Kier alpha value is -0.380. The molecule has 2 rings (SSSR count). The monoisotopic (exact) mass is 254 g/mol. The van der Waals surface area contributed by atoms with Crippen LogP contribution >= 0.6 is 15.9 Å². The topological polar surface area (TPSA) is 29.3 Å². The smallest absolute Gasteiger partial charge is 0.0470 e. The molecule has 1 heterocycles. The van der Waals surface area contributed by atoms with Crippen LogP contribution in [0.3, 0.4) is 0 Å². The van der Waals surface area contributed by atoms with Gasteiger partial charge in [-0.3, -0.25) is 4.90 Å². The van der Waals surface area contributed by atoms with Crippen LogP contribution in [0.2, 0.25) is 0 Å². The molecule has 1 aliphatic rings. The number of rotatable bonds is 1. The molecule has 1 aromatic carbocycles.